The van der Waals surface area contributed by atoms with Crippen molar-refractivity contribution in [2.24, 2.45) is 11.7 Å². The van der Waals surface area contributed by atoms with Gasteiger partial charge in [-0.15, -0.1) is 0 Å². The molecule has 2 atom stereocenters. The van der Waals surface area contributed by atoms with Crippen LogP contribution in [0.3, 0.4) is 0 Å². The van der Waals surface area contributed by atoms with Crippen molar-refractivity contribution in [3.05, 3.63) is 29.3 Å². The lowest BCUT2D eigenvalue weighted by atomic mass is 9.96. The Morgan fingerprint density at radius 2 is 2.24 bits per heavy atom. The lowest BCUT2D eigenvalue weighted by molar-refractivity contribution is 0.143. The number of anilines is 1. The third-order valence-electron chi connectivity index (χ3n) is 4.62. The Morgan fingerprint density at radius 3 is 2.90 bits per heavy atom. The maximum atomic E-state index is 6.08. The number of methoxy groups -OCH3 is 1. The molecular formula is C18H30N2O. The second-order valence-electron chi connectivity index (χ2n) is 6.39. The molecule has 21 heavy (non-hydrogen) atoms. The van der Waals surface area contributed by atoms with E-state index in [1.165, 1.54) is 29.7 Å². The molecule has 1 aliphatic rings. The summed E-state index contributed by atoms with van der Waals surface area (Å²) < 4.78 is 5.32. The van der Waals surface area contributed by atoms with Crippen LogP contribution in [-0.4, -0.2) is 32.8 Å². The molecule has 0 spiro atoms. The molecule has 118 valence electrons. The quantitative estimate of drug-likeness (QED) is 0.875. The number of hydrogen-bond acceptors (Lipinski definition) is 3. The first-order valence-electron chi connectivity index (χ1n) is 8.23. The molecule has 1 aromatic carbocycles. The summed E-state index contributed by atoms with van der Waals surface area (Å²) in [5.74, 6) is 0.664. The Balaban J connectivity index is 2.05. The molecule has 0 aliphatic carbocycles. The number of ether oxygens (including phenoxy) is 1. The Bertz CT molecular complexity index is 445. The van der Waals surface area contributed by atoms with E-state index in [1.54, 1.807) is 7.11 Å². The Labute approximate surface area is 129 Å². The summed E-state index contributed by atoms with van der Waals surface area (Å²) in [4.78, 5) is 2.50. The number of nitrogens with two attached hydrogens (primary N) is 1. The van der Waals surface area contributed by atoms with Crippen LogP contribution in [0.5, 0.6) is 0 Å². The van der Waals surface area contributed by atoms with Crippen molar-refractivity contribution < 1.29 is 4.74 Å². The van der Waals surface area contributed by atoms with Crippen molar-refractivity contribution in [2.75, 3.05) is 31.7 Å². The minimum atomic E-state index is 0.274. The van der Waals surface area contributed by atoms with Crippen LogP contribution in [0.2, 0.25) is 0 Å². The van der Waals surface area contributed by atoms with Gasteiger partial charge in [-0.25, -0.2) is 0 Å². The van der Waals surface area contributed by atoms with E-state index >= 15 is 0 Å². The van der Waals surface area contributed by atoms with Crippen LogP contribution in [0.1, 0.15) is 37.3 Å². The molecule has 1 aliphatic heterocycles. The SMILES string of the molecule is CCC(N)Cc1ccc(N2CCCC(COC)C2)cc1C. The standard InChI is InChI=1S/C18H30N2O/c1-4-17(19)11-16-7-8-18(10-14(16)2)20-9-5-6-15(12-20)13-21-3/h7-8,10,15,17H,4-6,9,11-13,19H2,1-3H3. The average Bonchev–Trinajstić information content (AvgIpc) is 2.49. The van der Waals surface area contributed by atoms with Crippen molar-refractivity contribution in [3.63, 3.8) is 0 Å². The molecule has 3 nitrogen and oxygen atoms in total. The summed E-state index contributed by atoms with van der Waals surface area (Å²) in [6.45, 7) is 7.50. The van der Waals surface area contributed by atoms with E-state index in [9.17, 15) is 0 Å². The first kappa shape index (κ1) is 16.3. The van der Waals surface area contributed by atoms with Gasteiger partial charge < -0.3 is 15.4 Å². The average molecular weight is 290 g/mol. The van der Waals surface area contributed by atoms with Gasteiger partial charge in [0.15, 0.2) is 0 Å². The Kier molecular flexibility index (Phi) is 6.07. The van der Waals surface area contributed by atoms with Crippen molar-refractivity contribution >= 4 is 5.69 Å². The van der Waals surface area contributed by atoms with Gasteiger partial charge in [0.1, 0.15) is 0 Å². The third-order valence-corrected chi connectivity index (χ3v) is 4.62. The van der Waals surface area contributed by atoms with Gasteiger partial charge in [0, 0.05) is 31.9 Å². The highest BCUT2D eigenvalue weighted by molar-refractivity contribution is 5.51. The first-order chi connectivity index (χ1) is 10.1. The zero-order valence-electron chi connectivity index (χ0n) is 13.8. The third kappa shape index (κ3) is 4.45. The minimum Gasteiger partial charge on any atom is -0.384 e. The molecule has 2 rings (SSSR count). The molecule has 0 radical (unpaired) electrons. The van der Waals surface area contributed by atoms with Gasteiger partial charge in [-0.3, -0.25) is 0 Å². The number of benzene rings is 1. The fraction of sp³-hybridized carbons (Fsp3) is 0.667. The topological polar surface area (TPSA) is 38.5 Å². The fourth-order valence-electron chi connectivity index (χ4n) is 3.20. The smallest absolute Gasteiger partial charge is 0.0507 e. The van der Waals surface area contributed by atoms with Gasteiger partial charge in [-0.1, -0.05) is 13.0 Å². The zero-order chi connectivity index (χ0) is 15.2. The van der Waals surface area contributed by atoms with Gasteiger partial charge in [0.2, 0.25) is 0 Å². The number of aryl methyl sites for hydroxylation is 1. The highest BCUT2D eigenvalue weighted by atomic mass is 16.5. The summed E-state index contributed by atoms with van der Waals surface area (Å²) >= 11 is 0. The maximum absolute atomic E-state index is 6.08. The molecular weight excluding hydrogens is 260 g/mol. The molecule has 1 aromatic rings. The van der Waals surface area contributed by atoms with Crippen LogP contribution in [0.25, 0.3) is 0 Å². The molecule has 2 unspecified atom stereocenters. The number of hydrogen-bond donors (Lipinski definition) is 1. The lowest BCUT2D eigenvalue weighted by Crippen LogP contribution is -2.37. The molecule has 1 heterocycles. The molecule has 0 aromatic heterocycles. The molecule has 0 bridgehead atoms. The summed E-state index contributed by atoms with van der Waals surface area (Å²) in [5.41, 5.74) is 10.2. The van der Waals surface area contributed by atoms with E-state index in [-0.39, 0.29) is 6.04 Å². The Morgan fingerprint density at radius 1 is 1.43 bits per heavy atom. The van der Waals surface area contributed by atoms with Gasteiger partial charge in [0.25, 0.3) is 0 Å². The van der Waals surface area contributed by atoms with Gasteiger partial charge >= 0.3 is 0 Å². The van der Waals surface area contributed by atoms with Crippen LogP contribution in [0.15, 0.2) is 18.2 Å². The number of piperidine rings is 1. The van der Waals surface area contributed by atoms with Crippen LogP contribution < -0.4 is 10.6 Å². The summed E-state index contributed by atoms with van der Waals surface area (Å²) in [7, 11) is 1.80. The largest absolute Gasteiger partial charge is 0.384 e. The van der Waals surface area contributed by atoms with Crippen molar-refractivity contribution in [2.45, 2.75) is 45.6 Å². The second kappa shape index (κ2) is 7.81. The van der Waals surface area contributed by atoms with Gasteiger partial charge in [-0.2, -0.15) is 0 Å². The van der Waals surface area contributed by atoms with E-state index in [4.69, 9.17) is 10.5 Å². The highest BCUT2D eigenvalue weighted by Gasteiger charge is 2.20. The molecule has 2 N–H and O–H groups in total. The van der Waals surface area contributed by atoms with E-state index in [0.717, 1.165) is 32.5 Å². The van der Waals surface area contributed by atoms with Crippen molar-refractivity contribution in [3.8, 4) is 0 Å². The Hall–Kier alpha value is -1.06. The first-order valence-corrected chi connectivity index (χ1v) is 8.23. The van der Waals surface area contributed by atoms with Crippen LogP contribution in [-0.2, 0) is 11.2 Å². The monoisotopic (exact) mass is 290 g/mol. The van der Waals surface area contributed by atoms with Gasteiger partial charge in [-0.05, 0) is 61.8 Å². The number of nitrogens with zero attached hydrogens (tertiary/aromatic N) is 1. The van der Waals surface area contributed by atoms with Crippen LogP contribution in [0, 0.1) is 12.8 Å². The summed E-state index contributed by atoms with van der Waals surface area (Å²) in [6.07, 6.45) is 4.56. The predicted molar refractivity (Wildman–Crippen MR) is 90.0 cm³/mol. The summed E-state index contributed by atoms with van der Waals surface area (Å²) in [6, 6.07) is 7.13. The van der Waals surface area contributed by atoms with Crippen molar-refractivity contribution in [1.82, 2.24) is 0 Å². The van der Waals surface area contributed by atoms with Crippen LogP contribution in [0.4, 0.5) is 5.69 Å². The summed E-state index contributed by atoms with van der Waals surface area (Å²) in [5, 5.41) is 0. The highest BCUT2D eigenvalue weighted by Crippen LogP contribution is 2.26. The number of rotatable bonds is 6. The predicted octanol–water partition coefficient (Wildman–Crippen LogP) is 3.14. The molecule has 1 saturated heterocycles. The normalized spacial score (nSPS) is 20.6. The van der Waals surface area contributed by atoms with E-state index < -0.39 is 0 Å². The second-order valence-corrected chi connectivity index (χ2v) is 6.39. The minimum absolute atomic E-state index is 0.274. The van der Waals surface area contributed by atoms with Gasteiger partial charge in [0.05, 0.1) is 6.61 Å². The van der Waals surface area contributed by atoms with E-state index in [0.29, 0.717) is 5.92 Å². The van der Waals surface area contributed by atoms with Crippen LogP contribution >= 0.6 is 0 Å². The molecule has 3 heteroatoms. The molecule has 0 saturated carbocycles. The van der Waals surface area contributed by atoms with Crippen molar-refractivity contribution in [1.29, 1.82) is 0 Å². The molecule has 0 amide bonds. The van der Waals surface area contributed by atoms with E-state index in [1.807, 2.05) is 0 Å². The zero-order valence-corrected chi connectivity index (χ0v) is 13.8. The van der Waals surface area contributed by atoms with E-state index in [2.05, 4.69) is 36.9 Å². The maximum Gasteiger partial charge on any atom is 0.0507 e. The fourth-order valence-corrected chi connectivity index (χ4v) is 3.20. The lowest BCUT2D eigenvalue weighted by Gasteiger charge is -2.34. The molecule has 1 fully saturated rings.